The lowest BCUT2D eigenvalue weighted by atomic mass is 10.1. The lowest BCUT2D eigenvalue weighted by molar-refractivity contribution is -0.142. The second-order valence-corrected chi connectivity index (χ2v) is 6.46. The van der Waals surface area contributed by atoms with Crippen LogP contribution in [0, 0.1) is 0 Å². The Bertz CT molecular complexity index is 267. The summed E-state index contributed by atoms with van der Waals surface area (Å²) in [4.78, 5) is 10.9. The summed E-state index contributed by atoms with van der Waals surface area (Å²) in [6.07, 6.45) is 6.44. The molecule has 2 nitrogen and oxygen atoms in total. The average molecular weight is 296 g/mol. The Morgan fingerprint density at radius 1 is 1.16 bits per heavy atom. The van der Waals surface area contributed by atoms with E-state index in [1.54, 1.807) is 0 Å². The van der Waals surface area contributed by atoms with Crippen molar-refractivity contribution in [2.24, 2.45) is 0 Å². The molecular weight excluding hydrogens is 273 g/mol. The molecule has 0 N–H and O–H groups in total. The van der Waals surface area contributed by atoms with Gasteiger partial charge in [0.1, 0.15) is 0 Å². The van der Waals surface area contributed by atoms with Crippen LogP contribution < -0.4 is 0 Å². The molecule has 0 radical (unpaired) electrons. The summed E-state index contributed by atoms with van der Waals surface area (Å²) in [5.74, 6) is -0.413. The summed E-state index contributed by atoms with van der Waals surface area (Å²) in [7, 11) is -5.32. The van der Waals surface area contributed by atoms with Crippen LogP contribution in [0.4, 0.5) is 12.3 Å². The fourth-order valence-electron chi connectivity index (χ4n) is 1.77. The van der Waals surface area contributed by atoms with Gasteiger partial charge in [0.2, 0.25) is 0 Å². The highest BCUT2D eigenvalue weighted by molar-refractivity contribution is 6.58. The Morgan fingerprint density at radius 3 is 2.21 bits per heavy atom. The zero-order valence-corrected chi connectivity index (χ0v) is 12.5. The SMILES string of the molecule is C=CC(=O)OC(C)CCCCCCCC[Si](F)(F)F. The molecule has 0 fully saturated rings. The van der Waals surface area contributed by atoms with Gasteiger partial charge in [0.25, 0.3) is 0 Å². The van der Waals surface area contributed by atoms with Crippen molar-refractivity contribution < 1.29 is 21.9 Å². The van der Waals surface area contributed by atoms with Crippen LogP contribution in [0.2, 0.25) is 6.04 Å². The van der Waals surface area contributed by atoms with Crippen LogP contribution in [0.1, 0.15) is 51.9 Å². The number of carbonyl (C=O) groups excluding carboxylic acids is 1. The van der Waals surface area contributed by atoms with Gasteiger partial charge in [0.05, 0.1) is 6.10 Å². The Kier molecular flexibility index (Phi) is 9.64. The van der Waals surface area contributed by atoms with Crippen molar-refractivity contribution in [2.75, 3.05) is 0 Å². The molecule has 0 aromatic rings. The largest absolute Gasteiger partial charge is 0.616 e. The van der Waals surface area contributed by atoms with E-state index in [1.165, 1.54) is 0 Å². The smallest absolute Gasteiger partial charge is 0.460 e. The maximum absolute atomic E-state index is 12.0. The minimum absolute atomic E-state index is 0.123. The van der Waals surface area contributed by atoms with Crippen LogP contribution >= 0.6 is 0 Å². The molecule has 0 aliphatic rings. The molecule has 0 bridgehead atoms. The molecule has 6 heteroatoms. The van der Waals surface area contributed by atoms with Gasteiger partial charge in [-0.15, -0.1) is 0 Å². The van der Waals surface area contributed by atoms with Gasteiger partial charge in [-0.1, -0.05) is 32.3 Å². The molecule has 0 rings (SSSR count). The normalized spacial score (nSPS) is 13.1. The minimum Gasteiger partial charge on any atom is -0.460 e. The lowest BCUT2D eigenvalue weighted by Gasteiger charge is -2.11. The van der Waals surface area contributed by atoms with Crippen LogP contribution in [0.5, 0.6) is 0 Å². The van der Waals surface area contributed by atoms with Crippen molar-refractivity contribution in [3.63, 3.8) is 0 Å². The van der Waals surface area contributed by atoms with E-state index in [4.69, 9.17) is 4.74 Å². The highest BCUT2D eigenvalue weighted by atomic mass is 28.5. The van der Waals surface area contributed by atoms with Gasteiger partial charge in [-0.05, 0) is 26.2 Å². The maximum atomic E-state index is 12.0. The van der Waals surface area contributed by atoms with E-state index in [9.17, 15) is 17.1 Å². The first kappa shape index (κ1) is 18.2. The zero-order chi connectivity index (χ0) is 14.7. The number of carbonyl (C=O) groups is 1. The van der Waals surface area contributed by atoms with E-state index >= 15 is 0 Å². The molecule has 0 aromatic carbocycles. The van der Waals surface area contributed by atoms with Gasteiger partial charge < -0.3 is 4.74 Å². The van der Waals surface area contributed by atoms with E-state index < -0.39 is 21.1 Å². The highest BCUT2D eigenvalue weighted by Gasteiger charge is 2.35. The van der Waals surface area contributed by atoms with Crippen molar-refractivity contribution in [3.05, 3.63) is 12.7 Å². The van der Waals surface area contributed by atoms with Crippen molar-refractivity contribution in [3.8, 4) is 0 Å². The Balaban J connectivity index is 3.31. The van der Waals surface area contributed by atoms with Gasteiger partial charge >= 0.3 is 15.0 Å². The highest BCUT2D eigenvalue weighted by Crippen LogP contribution is 2.19. The standard InChI is InChI=1S/C13H23F3O2Si/c1-3-13(17)18-12(2)10-8-6-4-5-7-9-11-19(14,15)16/h3,12H,1,4-11H2,2H3. The number of hydrogen-bond donors (Lipinski definition) is 0. The van der Waals surface area contributed by atoms with Crippen LogP contribution in [0.15, 0.2) is 12.7 Å². The summed E-state index contributed by atoms with van der Waals surface area (Å²) in [5.41, 5.74) is 0. The van der Waals surface area contributed by atoms with Gasteiger partial charge in [0.15, 0.2) is 0 Å². The van der Waals surface area contributed by atoms with E-state index in [1.807, 2.05) is 6.92 Å². The summed E-state index contributed by atoms with van der Waals surface area (Å²) >= 11 is 0. The van der Waals surface area contributed by atoms with E-state index in [0.29, 0.717) is 6.42 Å². The van der Waals surface area contributed by atoms with Crippen molar-refractivity contribution in [1.29, 1.82) is 0 Å². The summed E-state index contributed by atoms with van der Waals surface area (Å²) in [6, 6.07) is -0.540. The number of halogens is 3. The van der Waals surface area contributed by atoms with E-state index in [2.05, 4.69) is 6.58 Å². The minimum atomic E-state index is -5.32. The first-order chi connectivity index (χ1) is 8.85. The molecule has 1 unspecified atom stereocenters. The predicted molar refractivity (Wildman–Crippen MR) is 72.0 cm³/mol. The first-order valence-electron chi connectivity index (χ1n) is 6.75. The van der Waals surface area contributed by atoms with Crippen molar-refractivity contribution >= 4 is 15.0 Å². The third kappa shape index (κ3) is 13.4. The molecule has 0 heterocycles. The second kappa shape index (κ2) is 10.1. The predicted octanol–water partition coefficient (Wildman–Crippen LogP) is 4.68. The van der Waals surface area contributed by atoms with Gasteiger partial charge in [-0.25, -0.2) is 17.1 Å². The Morgan fingerprint density at radius 2 is 1.68 bits per heavy atom. The van der Waals surface area contributed by atoms with Crippen molar-refractivity contribution in [2.45, 2.75) is 64.0 Å². The van der Waals surface area contributed by atoms with Crippen molar-refractivity contribution in [1.82, 2.24) is 0 Å². The molecule has 0 amide bonds. The van der Waals surface area contributed by atoms with Crippen LogP contribution in [-0.4, -0.2) is 21.1 Å². The number of hydrogen-bond acceptors (Lipinski definition) is 2. The number of ether oxygens (including phenoxy) is 1. The molecule has 0 saturated heterocycles. The molecule has 0 saturated carbocycles. The van der Waals surface area contributed by atoms with Crippen LogP contribution in [-0.2, 0) is 9.53 Å². The quantitative estimate of drug-likeness (QED) is 0.182. The monoisotopic (exact) mass is 296 g/mol. The fourth-order valence-corrected chi connectivity index (χ4v) is 2.42. The molecular formula is C13H23F3O2Si. The average Bonchev–Trinajstić information content (AvgIpc) is 2.31. The first-order valence-corrected chi connectivity index (χ1v) is 8.59. The van der Waals surface area contributed by atoms with Gasteiger partial charge in [0, 0.05) is 12.1 Å². The maximum Gasteiger partial charge on any atom is 0.616 e. The van der Waals surface area contributed by atoms with Gasteiger partial charge in [-0.2, -0.15) is 0 Å². The molecule has 0 aliphatic carbocycles. The molecule has 0 aliphatic heterocycles. The number of unbranched alkanes of at least 4 members (excludes halogenated alkanes) is 5. The number of rotatable bonds is 11. The van der Waals surface area contributed by atoms with Crippen LogP contribution in [0.25, 0.3) is 0 Å². The molecule has 0 aromatic heterocycles. The molecule has 112 valence electrons. The lowest BCUT2D eigenvalue weighted by Crippen LogP contribution is -2.13. The Hall–Kier alpha value is -0.783. The van der Waals surface area contributed by atoms with E-state index in [0.717, 1.165) is 38.2 Å². The second-order valence-electron chi connectivity index (χ2n) is 4.73. The fraction of sp³-hybridized carbons (Fsp3) is 0.769. The van der Waals surface area contributed by atoms with Crippen LogP contribution in [0.3, 0.4) is 0 Å². The molecule has 19 heavy (non-hydrogen) atoms. The molecule has 0 spiro atoms. The molecule has 1 atom stereocenters. The van der Waals surface area contributed by atoms with E-state index in [-0.39, 0.29) is 12.5 Å². The third-order valence-corrected chi connectivity index (χ3v) is 3.73. The zero-order valence-electron chi connectivity index (χ0n) is 11.5. The number of esters is 1. The van der Waals surface area contributed by atoms with Gasteiger partial charge in [-0.3, -0.25) is 0 Å². The third-order valence-electron chi connectivity index (χ3n) is 2.80. The topological polar surface area (TPSA) is 26.3 Å². The summed E-state index contributed by atoms with van der Waals surface area (Å²) in [6.45, 7) is 5.15. The summed E-state index contributed by atoms with van der Waals surface area (Å²) < 4.78 is 41.0. The Labute approximate surface area is 114 Å². The summed E-state index contributed by atoms with van der Waals surface area (Å²) in [5, 5.41) is 0.